The lowest BCUT2D eigenvalue weighted by molar-refractivity contribution is -0.172. The summed E-state index contributed by atoms with van der Waals surface area (Å²) in [6.07, 6.45) is -4.48. The Morgan fingerprint density at radius 1 is 1.14 bits per heavy atom. The molecule has 0 spiro atoms. The van der Waals surface area contributed by atoms with Gasteiger partial charge in [-0.2, -0.15) is 13.2 Å². The second-order valence-electron chi connectivity index (χ2n) is 3.19. The molecule has 0 aliphatic heterocycles. The van der Waals surface area contributed by atoms with Crippen LogP contribution in [-0.2, 0) is 0 Å². The number of para-hydroxylation sites is 1. The van der Waals surface area contributed by atoms with E-state index in [1.54, 1.807) is 18.2 Å². The average Bonchev–Trinajstić information content (AvgIpc) is 2.03. The summed E-state index contributed by atoms with van der Waals surface area (Å²) < 4.78 is 37.0. The second-order valence-corrected chi connectivity index (χ2v) is 3.19. The highest BCUT2D eigenvalue weighted by Crippen LogP contribution is 2.28. The molecule has 0 radical (unpaired) electrons. The molecule has 1 aromatic carbocycles. The van der Waals surface area contributed by atoms with E-state index < -0.39 is 11.8 Å². The van der Waals surface area contributed by atoms with Gasteiger partial charge in [-0.15, -0.1) is 0 Å². The molecule has 2 nitrogen and oxygen atoms in total. The first-order valence-corrected chi connectivity index (χ1v) is 4.02. The summed E-state index contributed by atoms with van der Waals surface area (Å²) in [5, 5.41) is 2.21. The van der Waals surface area contributed by atoms with Crippen LogP contribution in [-0.4, -0.2) is 11.8 Å². The maximum Gasteiger partial charge on any atom is 0.424 e. The minimum atomic E-state index is -4.48. The standard InChI is InChI=1S/C9H11F3N2/c1-8(13,9(10,11)12)14-7-5-3-2-4-6-7/h2-6,14H,13H2,1H3. The van der Waals surface area contributed by atoms with E-state index >= 15 is 0 Å². The molecule has 0 heterocycles. The first kappa shape index (κ1) is 10.8. The van der Waals surface area contributed by atoms with Crippen molar-refractivity contribution in [1.29, 1.82) is 0 Å². The lowest BCUT2D eigenvalue weighted by atomic mass is 10.2. The molecule has 0 aromatic heterocycles. The molecule has 0 amide bonds. The van der Waals surface area contributed by atoms with Gasteiger partial charge >= 0.3 is 6.18 Å². The summed E-state index contributed by atoms with van der Waals surface area (Å²) in [4.78, 5) is 0. The predicted octanol–water partition coefficient (Wildman–Crippen LogP) is 2.34. The van der Waals surface area contributed by atoms with Gasteiger partial charge in [0.05, 0.1) is 0 Å². The lowest BCUT2D eigenvalue weighted by Gasteiger charge is -2.29. The van der Waals surface area contributed by atoms with Crippen molar-refractivity contribution in [2.24, 2.45) is 5.73 Å². The molecule has 0 saturated heterocycles. The van der Waals surface area contributed by atoms with Gasteiger partial charge in [0, 0.05) is 5.69 Å². The van der Waals surface area contributed by atoms with E-state index in [1.807, 2.05) is 0 Å². The normalized spacial score (nSPS) is 16.1. The number of nitrogens with one attached hydrogen (secondary N) is 1. The molecule has 78 valence electrons. The Kier molecular flexibility index (Phi) is 2.71. The topological polar surface area (TPSA) is 38.0 Å². The molecule has 0 aliphatic carbocycles. The van der Waals surface area contributed by atoms with Gasteiger partial charge in [0.15, 0.2) is 5.66 Å². The first-order chi connectivity index (χ1) is 6.33. The number of alkyl halides is 3. The van der Waals surface area contributed by atoms with E-state index in [0.717, 1.165) is 6.92 Å². The fourth-order valence-corrected chi connectivity index (χ4v) is 0.892. The number of rotatable bonds is 2. The van der Waals surface area contributed by atoms with E-state index in [9.17, 15) is 13.2 Å². The molecule has 1 rings (SSSR count). The zero-order valence-electron chi connectivity index (χ0n) is 7.60. The number of hydrogen-bond acceptors (Lipinski definition) is 2. The van der Waals surface area contributed by atoms with Gasteiger partial charge in [0.1, 0.15) is 0 Å². The van der Waals surface area contributed by atoms with Crippen LogP contribution in [0.5, 0.6) is 0 Å². The Balaban J connectivity index is 2.79. The molecular formula is C9H11F3N2. The molecule has 3 N–H and O–H groups in total. The molecule has 5 heteroatoms. The van der Waals surface area contributed by atoms with Crippen LogP contribution < -0.4 is 11.1 Å². The van der Waals surface area contributed by atoms with Crippen LogP contribution in [0.3, 0.4) is 0 Å². The predicted molar refractivity (Wildman–Crippen MR) is 48.7 cm³/mol. The molecule has 1 aromatic rings. The Bertz CT molecular complexity index is 293. The highest BCUT2D eigenvalue weighted by molar-refractivity contribution is 5.45. The van der Waals surface area contributed by atoms with E-state index in [4.69, 9.17) is 5.73 Å². The van der Waals surface area contributed by atoms with Gasteiger partial charge in [0.2, 0.25) is 0 Å². The summed E-state index contributed by atoms with van der Waals surface area (Å²) in [5.74, 6) is 0. The Hall–Kier alpha value is -1.23. The zero-order chi connectivity index (χ0) is 10.8. The molecular weight excluding hydrogens is 193 g/mol. The Morgan fingerprint density at radius 2 is 1.64 bits per heavy atom. The lowest BCUT2D eigenvalue weighted by Crippen LogP contribution is -2.56. The Labute approximate surface area is 79.9 Å². The third kappa shape index (κ3) is 2.38. The van der Waals surface area contributed by atoms with Gasteiger partial charge in [0.25, 0.3) is 0 Å². The van der Waals surface area contributed by atoms with E-state index in [2.05, 4.69) is 5.32 Å². The van der Waals surface area contributed by atoms with Crippen molar-refractivity contribution >= 4 is 5.69 Å². The molecule has 0 bridgehead atoms. The van der Waals surface area contributed by atoms with Crippen LogP contribution in [0.2, 0.25) is 0 Å². The van der Waals surface area contributed by atoms with E-state index in [-0.39, 0.29) is 0 Å². The number of benzene rings is 1. The van der Waals surface area contributed by atoms with Crippen molar-refractivity contribution in [3.8, 4) is 0 Å². The van der Waals surface area contributed by atoms with Crippen LogP contribution in [0.1, 0.15) is 6.92 Å². The highest BCUT2D eigenvalue weighted by Gasteiger charge is 2.48. The summed E-state index contributed by atoms with van der Waals surface area (Å²) in [6, 6.07) is 8.03. The van der Waals surface area contributed by atoms with Gasteiger partial charge in [-0.3, -0.25) is 0 Å². The number of halogens is 3. The second kappa shape index (κ2) is 3.49. The van der Waals surface area contributed by atoms with Crippen LogP contribution >= 0.6 is 0 Å². The largest absolute Gasteiger partial charge is 0.424 e. The highest BCUT2D eigenvalue weighted by atomic mass is 19.4. The molecule has 0 fully saturated rings. The summed E-state index contributed by atoms with van der Waals surface area (Å²) in [5.41, 5.74) is 3.02. The number of nitrogens with two attached hydrogens (primary N) is 1. The quantitative estimate of drug-likeness (QED) is 0.725. The van der Waals surface area contributed by atoms with Crippen molar-refractivity contribution in [3.05, 3.63) is 30.3 Å². The maximum atomic E-state index is 12.3. The minimum Gasteiger partial charge on any atom is -0.360 e. The number of hydrogen-bond donors (Lipinski definition) is 2. The average molecular weight is 204 g/mol. The van der Waals surface area contributed by atoms with Crippen molar-refractivity contribution in [2.75, 3.05) is 5.32 Å². The molecule has 0 aliphatic rings. The van der Waals surface area contributed by atoms with Crippen LogP contribution in [0.15, 0.2) is 30.3 Å². The van der Waals surface area contributed by atoms with E-state index in [1.165, 1.54) is 12.1 Å². The first-order valence-electron chi connectivity index (χ1n) is 4.02. The van der Waals surface area contributed by atoms with Crippen molar-refractivity contribution in [3.63, 3.8) is 0 Å². The fraction of sp³-hybridized carbons (Fsp3) is 0.333. The smallest absolute Gasteiger partial charge is 0.360 e. The van der Waals surface area contributed by atoms with Crippen LogP contribution in [0, 0.1) is 0 Å². The van der Waals surface area contributed by atoms with Crippen molar-refractivity contribution in [1.82, 2.24) is 0 Å². The van der Waals surface area contributed by atoms with Crippen molar-refractivity contribution in [2.45, 2.75) is 18.8 Å². The summed E-state index contributed by atoms with van der Waals surface area (Å²) >= 11 is 0. The fourth-order valence-electron chi connectivity index (χ4n) is 0.892. The third-order valence-electron chi connectivity index (χ3n) is 1.77. The monoisotopic (exact) mass is 204 g/mol. The molecule has 0 saturated carbocycles. The Morgan fingerprint density at radius 3 is 2.07 bits per heavy atom. The van der Waals surface area contributed by atoms with Gasteiger partial charge in [-0.05, 0) is 19.1 Å². The molecule has 1 atom stereocenters. The van der Waals surface area contributed by atoms with Gasteiger partial charge in [-0.25, -0.2) is 0 Å². The summed E-state index contributed by atoms with van der Waals surface area (Å²) in [6.45, 7) is 0.889. The minimum absolute atomic E-state index is 0.342. The molecule has 1 unspecified atom stereocenters. The van der Waals surface area contributed by atoms with Crippen LogP contribution in [0.4, 0.5) is 18.9 Å². The van der Waals surface area contributed by atoms with Crippen LogP contribution in [0.25, 0.3) is 0 Å². The van der Waals surface area contributed by atoms with Gasteiger partial charge in [-0.1, -0.05) is 18.2 Å². The van der Waals surface area contributed by atoms with E-state index in [0.29, 0.717) is 5.69 Å². The molecule has 14 heavy (non-hydrogen) atoms. The van der Waals surface area contributed by atoms with Crippen molar-refractivity contribution < 1.29 is 13.2 Å². The third-order valence-corrected chi connectivity index (χ3v) is 1.77. The number of anilines is 1. The van der Waals surface area contributed by atoms with Gasteiger partial charge < -0.3 is 11.1 Å². The SMILES string of the molecule is CC(N)(Nc1ccccc1)C(F)(F)F. The summed E-state index contributed by atoms with van der Waals surface area (Å²) in [7, 11) is 0. The zero-order valence-corrected chi connectivity index (χ0v) is 7.60. The maximum absolute atomic E-state index is 12.3.